The summed E-state index contributed by atoms with van der Waals surface area (Å²) in [5.74, 6) is 0.497. The highest BCUT2D eigenvalue weighted by Gasteiger charge is 2.07. The predicted octanol–water partition coefficient (Wildman–Crippen LogP) is 1.43. The van der Waals surface area contributed by atoms with Gasteiger partial charge in [-0.1, -0.05) is 18.2 Å². The van der Waals surface area contributed by atoms with Crippen LogP contribution in [0.1, 0.15) is 0 Å². The smallest absolute Gasteiger partial charge is 0.250 e. The lowest BCUT2D eigenvalue weighted by Gasteiger charge is -2.01. The lowest BCUT2D eigenvalue weighted by Crippen LogP contribution is -2.10. The van der Waals surface area contributed by atoms with Crippen molar-refractivity contribution in [2.24, 2.45) is 0 Å². The van der Waals surface area contributed by atoms with Crippen LogP contribution in [0.4, 0.5) is 11.5 Å². The van der Waals surface area contributed by atoms with Gasteiger partial charge in [-0.15, -0.1) is 5.10 Å². The van der Waals surface area contributed by atoms with Crippen molar-refractivity contribution in [3.05, 3.63) is 42.6 Å². The van der Waals surface area contributed by atoms with Crippen LogP contribution >= 0.6 is 0 Å². The topological polar surface area (TPSA) is 64.0 Å². The second kappa shape index (κ2) is 3.97. The second-order valence-electron chi connectivity index (χ2n) is 3.33. The molecule has 2 rings (SSSR count). The van der Waals surface area contributed by atoms with E-state index in [0.717, 1.165) is 16.0 Å². The number of rotatable bonds is 3. The second-order valence-corrected chi connectivity index (χ2v) is 5.17. The molecule has 0 saturated heterocycles. The van der Waals surface area contributed by atoms with Crippen LogP contribution in [0.2, 0.25) is 0 Å². The van der Waals surface area contributed by atoms with E-state index in [-0.39, 0.29) is 0 Å². The normalized spacial score (nSPS) is 11.3. The summed E-state index contributed by atoms with van der Waals surface area (Å²) in [6.07, 6.45) is 2.51. The summed E-state index contributed by atoms with van der Waals surface area (Å²) in [6.45, 7) is 0. The Hall–Kier alpha value is -1.82. The van der Waals surface area contributed by atoms with E-state index >= 15 is 0 Å². The van der Waals surface area contributed by atoms with Crippen molar-refractivity contribution in [2.45, 2.75) is 0 Å². The Bertz CT molecular complexity index is 575. The van der Waals surface area contributed by atoms with Crippen LogP contribution < -0.4 is 5.32 Å². The number of para-hydroxylation sites is 1. The molecule has 2 aromatic rings. The molecule has 6 heteroatoms. The predicted molar refractivity (Wildman–Crippen MR) is 62.2 cm³/mol. The minimum atomic E-state index is -3.31. The summed E-state index contributed by atoms with van der Waals surface area (Å²) in [5, 5.41) is 6.89. The zero-order valence-electron chi connectivity index (χ0n) is 8.66. The lowest BCUT2D eigenvalue weighted by molar-refractivity contribution is 0.586. The van der Waals surface area contributed by atoms with Gasteiger partial charge >= 0.3 is 0 Å². The van der Waals surface area contributed by atoms with Gasteiger partial charge in [0.15, 0.2) is 5.82 Å². The van der Waals surface area contributed by atoms with Crippen molar-refractivity contribution in [3.8, 4) is 0 Å². The zero-order valence-corrected chi connectivity index (χ0v) is 9.48. The minimum absolute atomic E-state index is 0.497. The Morgan fingerprint density at radius 3 is 2.44 bits per heavy atom. The highest BCUT2D eigenvalue weighted by atomic mass is 32.2. The summed E-state index contributed by atoms with van der Waals surface area (Å²) < 4.78 is 23.3. The minimum Gasteiger partial charge on any atom is -0.339 e. The Kier molecular flexibility index (Phi) is 2.66. The molecule has 0 aliphatic heterocycles. The molecule has 0 amide bonds. The molecule has 16 heavy (non-hydrogen) atoms. The number of hydrogen-bond donors (Lipinski definition) is 1. The van der Waals surface area contributed by atoms with Gasteiger partial charge in [-0.2, -0.15) is 4.09 Å². The van der Waals surface area contributed by atoms with Crippen LogP contribution in [0, 0.1) is 0 Å². The molecule has 0 aliphatic rings. The maximum atomic E-state index is 11.2. The first-order valence-corrected chi connectivity index (χ1v) is 6.49. The number of nitrogens with one attached hydrogen (secondary N) is 1. The maximum absolute atomic E-state index is 11.2. The largest absolute Gasteiger partial charge is 0.339 e. The van der Waals surface area contributed by atoms with E-state index in [0.29, 0.717) is 5.82 Å². The van der Waals surface area contributed by atoms with Gasteiger partial charge < -0.3 is 5.32 Å². The Labute approximate surface area is 93.8 Å². The van der Waals surface area contributed by atoms with Crippen LogP contribution in [-0.2, 0) is 10.0 Å². The van der Waals surface area contributed by atoms with Crippen LogP contribution in [0.25, 0.3) is 0 Å². The fraction of sp³-hybridized carbons (Fsp3) is 0.100. The third kappa shape index (κ3) is 2.40. The molecule has 0 fully saturated rings. The molecule has 1 aromatic carbocycles. The van der Waals surface area contributed by atoms with Crippen molar-refractivity contribution in [2.75, 3.05) is 11.6 Å². The number of nitrogens with zero attached hydrogens (tertiary/aromatic N) is 2. The van der Waals surface area contributed by atoms with Crippen molar-refractivity contribution in [1.29, 1.82) is 0 Å². The summed E-state index contributed by atoms with van der Waals surface area (Å²) in [4.78, 5) is 0. The maximum Gasteiger partial charge on any atom is 0.250 e. The molecule has 0 atom stereocenters. The fourth-order valence-corrected chi connectivity index (χ4v) is 1.75. The number of aromatic nitrogens is 2. The molecular formula is C10H11N3O2S. The van der Waals surface area contributed by atoms with Gasteiger partial charge in [0.1, 0.15) is 0 Å². The van der Waals surface area contributed by atoms with Crippen LogP contribution in [0.15, 0.2) is 42.6 Å². The van der Waals surface area contributed by atoms with E-state index in [1.165, 1.54) is 6.20 Å². The highest BCUT2D eigenvalue weighted by Crippen LogP contribution is 2.13. The molecule has 0 radical (unpaired) electrons. The molecular weight excluding hydrogens is 226 g/mol. The molecule has 1 N–H and O–H groups in total. The van der Waals surface area contributed by atoms with Crippen molar-refractivity contribution in [1.82, 2.24) is 9.19 Å². The zero-order chi connectivity index (χ0) is 11.6. The SMILES string of the molecule is CS(=O)(=O)n1ccc(Nc2ccccc2)n1. The average molecular weight is 237 g/mol. The summed E-state index contributed by atoms with van der Waals surface area (Å²) in [5.41, 5.74) is 0.862. The third-order valence-electron chi connectivity index (χ3n) is 1.95. The number of hydrogen-bond acceptors (Lipinski definition) is 4. The first-order valence-electron chi connectivity index (χ1n) is 4.64. The van der Waals surface area contributed by atoms with Crippen molar-refractivity contribution < 1.29 is 8.42 Å². The van der Waals surface area contributed by atoms with Crippen LogP contribution in [-0.4, -0.2) is 23.9 Å². The Balaban J connectivity index is 2.22. The number of benzene rings is 1. The van der Waals surface area contributed by atoms with E-state index in [2.05, 4.69) is 10.4 Å². The quantitative estimate of drug-likeness (QED) is 0.877. The van der Waals surface area contributed by atoms with Gasteiger partial charge in [0.2, 0.25) is 0 Å². The first-order chi connectivity index (χ1) is 7.55. The van der Waals surface area contributed by atoms with Gasteiger partial charge in [0, 0.05) is 18.0 Å². The van der Waals surface area contributed by atoms with Gasteiger partial charge in [-0.05, 0) is 12.1 Å². The van der Waals surface area contributed by atoms with E-state index in [1.54, 1.807) is 6.07 Å². The fourth-order valence-electron chi connectivity index (χ4n) is 1.23. The average Bonchev–Trinajstić information content (AvgIpc) is 2.67. The Morgan fingerprint density at radius 1 is 1.19 bits per heavy atom. The summed E-state index contributed by atoms with van der Waals surface area (Å²) >= 11 is 0. The molecule has 0 spiro atoms. The molecule has 84 valence electrons. The lowest BCUT2D eigenvalue weighted by atomic mass is 10.3. The van der Waals surface area contributed by atoms with Gasteiger partial charge in [0.05, 0.1) is 6.26 Å². The molecule has 5 nitrogen and oxygen atoms in total. The molecule has 0 saturated carbocycles. The Morgan fingerprint density at radius 2 is 1.88 bits per heavy atom. The van der Waals surface area contributed by atoms with E-state index in [1.807, 2.05) is 30.3 Å². The van der Waals surface area contributed by atoms with Crippen LogP contribution in [0.3, 0.4) is 0 Å². The van der Waals surface area contributed by atoms with Gasteiger partial charge in [-0.3, -0.25) is 0 Å². The molecule has 0 aliphatic carbocycles. The molecule has 0 bridgehead atoms. The monoisotopic (exact) mass is 237 g/mol. The van der Waals surface area contributed by atoms with E-state index < -0.39 is 10.0 Å². The highest BCUT2D eigenvalue weighted by molar-refractivity contribution is 7.89. The standard InChI is InChI=1S/C10H11N3O2S/c1-16(14,15)13-8-7-10(12-13)11-9-5-3-2-4-6-9/h2-8H,1H3,(H,11,12). The van der Waals surface area contributed by atoms with Gasteiger partial charge in [0.25, 0.3) is 10.0 Å². The number of anilines is 2. The third-order valence-corrected chi connectivity index (χ3v) is 2.84. The van der Waals surface area contributed by atoms with Crippen molar-refractivity contribution >= 4 is 21.5 Å². The first kappa shape index (κ1) is 10.7. The summed E-state index contributed by atoms with van der Waals surface area (Å²) in [6, 6.07) is 11.0. The van der Waals surface area contributed by atoms with E-state index in [4.69, 9.17) is 0 Å². The van der Waals surface area contributed by atoms with Crippen LogP contribution in [0.5, 0.6) is 0 Å². The summed E-state index contributed by atoms with van der Waals surface area (Å²) in [7, 11) is -3.31. The van der Waals surface area contributed by atoms with E-state index in [9.17, 15) is 8.42 Å². The molecule has 1 heterocycles. The molecule has 0 unspecified atom stereocenters. The molecule has 1 aromatic heterocycles. The van der Waals surface area contributed by atoms with Crippen molar-refractivity contribution in [3.63, 3.8) is 0 Å². The van der Waals surface area contributed by atoms with Gasteiger partial charge in [-0.25, -0.2) is 8.42 Å².